The molecule has 1 amide bonds. The van der Waals surface area contributed by atoms with Crippen LogP contribution < -0.4 is 16.0 Å². The van der Waals surface area contributed by atoms with E-state index in [9.17, 15) is 4.79 Å². The van der Waals surface area contributed by atoms with Crippen molar-refractivity contribution in [3.63, 3.8) is 0 Å². The van der Waals surface area contributed by atoms with E-state index in [1.165, 1.54) is 24.2 Å². The maximum Gasteiger partial charge on any atom is 0.243 e. The third-order valence-corrected chi connectivity index (χ3v) is 5.18. The van der Waals surface area contributed by atoms with Gasteiger partial charge in [0, 0.05) is 24.5 Å². The molecule has 0 aliphatic carbocycles. The van der Waals surface area contributed by atoms with E-state index in [-0.39, 0.29) is 12.5 Å². The van der Waals surface area contributed by atoms with Crippen molar-refractivity contribution < 1.29 is 4.79 Å². The Hall–Kier alpha value is -1.69. The first-order valence-electron chi connectivity index (χ1n) is 8.16. The number of guanidine groups is 1. The lowest BCUT2D eigenvalue weighted by Gasteiger charge is -2.14. The van der Waals surface area contributed by atoms with Crippen molar-refractivity contribution in [2.45, 2.75) is 31.4 Å². The Morgan fingerprint density at radius 3 is 2.96 bits per heavy atom. The third-order valence-electron chi connectivity index (χ3n) is 3.78. The predicted octanol–water partition coefficient (Wildman–Crippen LogP) is 2.25. The largest absolute Gasteiger partial charge is 0.355 e. The molecule has 1 atom stereocenters. The molecule has 23 heavy (non-hydrogen) atoms. The molecule has 1 aliphatic rings. The highest BCUT2D eigenvalue weighted by Crippen LogP contribution is 2.25. The van der Waals surface area contributed by atoms with Crippen LogP contribution in [0.3, 0.4) is 0 Å². The third kappa shape index (κ3) is 6.14. The number of benzene rings is 1. The molecule has 0 bridgehead atoms. The van der Waals surface area contributed by atoms with Gasteiger partial charge >= 0.3 is 0 Å². The Morgan fingerprint density at radius 2 is 2.26 bits per heavy atom. The number of amides is 1. The summed E-state index contributed by atoms with van der Waals surface area (Å²) >= 11 is 2.00. The lowest BCUT2D eigenvalue weighted by Crippen LogP contribution is -2.43. The summed E-state index contributed by atoms with van der Waals surface area (Å²) in [4.78, 5) is 16.2. The summed E-state index contributed by atoms with van der Waals surface area (Å²) < 4.78 is 0. The highest BCUT2D eigenvalue weighted by molar-refractivity contribution is 8.00. The number of carbonyl (C=O) groups is 1. The van der Waals surface area contributed by atoms with Gasteiger partial charge in [0.05, 0.1) is 6.54 Å². The lowest BCUT2D eigenvalue weighted by atomic mass is 10.1. The maximum absolute atomic E-state index is 12.0. The van der Waals surface area contributed by atoms with E-state index >= 15 is 0 Å². The van der Waals surface area contributed by atoms with Gasteiger partial charge in [-0.25, -0.2) is 0 Å². The Bertz CT molecular complexity index is 541. The molecule has 6 heteroatoms. The van der Waals surface area contributed by atoms with Crippen LogP contribution in [0.2, 0.25) is 0 Å². The second-order valence-corrected chi connectivity index (χ2v) is 6.95. The summed E-state index contributed by atoms with van der Waals surface area (Å²) in [7, 11) is 1.72. The van der Waals surface area contributed by atoms with Crippen LogP contribution in [0.1, 0.15) is 25.3 Å². The highest BCUT2D eigenvalue weighted by atomic mass is 32.2. The number of thioether (sulfide) groups is 1. The van der Waals surface area contributed by atoms with E-state index in [0.29, 0.717) is 11.2 Å². The van der Waals surface area contributed by atoms with Gasteiger partial charge in [-0.15, -0.1) is 0 Å². The lowest BCUT2D eigenvalue weighted by molar-refractivity contribution is -0.115. The van der Waals surface area contributed by atoms with Crippen molar-refractivity contribution in [1.29, 1.82) is 0 Å². The molecule has 1 aliphatic heterocycles. The summed E-state index contributed by atoms with van der Waals surface area (Å²) in [6.07, 6.45) is 3.50. The van der Waals surface area contributed by atoms with Crippen molar-refractivity contribution >= 4 is 29.3 Å². The second-order valence-electron chi connectivity index (χ2n) is 5.54. The zero-order chi connectivity index (χ0) is 16.5. The number of rotatable bonds is 6. The number of aryl methyl sites for hydroxylation is 1. The van der Waals surface area contributed by atoms with Crippen molar-refractivity contribution in [1.82, 2.24) is 10.6 Å². The zero-order valence-corrected chi connectivity index (χ0v) is 14.7. The number of hydrogen-bond acceptors (Lipinski definition) is 3. The molecular formula is C17H26N4OS. The van der Waals surface area contributed by atoms with Crippen LogP contribution in [-0.4, -0.2) is 43.0 Å². The molecule has 1 unspecified atom stereocenters. The van der Waals surface area contributed by atoms with Gasteiger partial charge in [0.15, 0.2) is 5.96 Å². The first-order chi connectivity index (χ1) is 11.2. The molecule has 1 aromatic carbocycles. The van der Waals surface area contributed by atoms with E-state index in [1.54, 1.807) is 7.05 Å². The van der Waals surface area contributed by atoms with Crippen LogP contribution in [0.5, 0.6) is 0 Å². The number of carbonyl (C=O) groups excluding carboxylic acids is 1. The van der Waals surface area contributed by atoms with Crippen LogP contribution in [0.25, 0.3) is 0 Å². The minimum atomic E-state index is -0.0727. The summed E-state index contributed by atoms with van der Waals surface area (Å²) in [6.45, 7) is 3.19. The fraction of sp³-hybridized carbons (Fsp3) is 0.529. The van der Waals surface area contributed by atoms with Gasteiger partial charge in [0.2, 0.25) is 5.91 Å². The Kier molecular flexibility index (Phi) is 7.26. The summed E-state index contributed by atoms with van der Waals surface area (Å²) in [5, 5.41) is 9.90. The molecule has 2 rings (SSSR count). The number of aliphatic imine (C=N–C) groups is 1. The minimum absolute atomic E-state index is 0.0727. The SMILES string of the molecule is CCc1cccc(NC(=O)CNC(=NC)NCC2CCCS2)c1. The van der Waals surface area contributed by atoms with Gasteiger partial charge in [-0.1, -0.05) is 19.1 Å². The Balaban J connectivity index is 1.73. The first-order valence-corrected chi connectivity index (χ1v) is 9.21. The van der Waals surface area contributed by atoms with E-state index in [4.69, 9.17) is 0 Å². The normalized spacial score (nSPS) is 17.8. The minimum Gasteiger partial charge on any atom is -0.355 e. The van der Waals surface area contributed by atoms with Gasteiger partial charge in [0.1, 0.15) is 0 Å². The standard InChI is InChI=1S/C17H26N4OS/c1-3-13-6-4-7-14(10-13)21-16(22)12-20-17(18-2)19-11-15-8-5-9-23-15/h4,6-7,10,15H,3,5,8-9,11-12H2,1-2H3,(H,21,22)(H2,18,19,20). The fourth-order valence-electron chi connectivity index (χ4n) is 2.47. The molecule has 1 saturated heterocycles. The van der Waals surface area contributed by atoms with E-state index < -0.39 is 0 Å². The smallest absolute Gasteiger partial charge is 0.243 e. The molecule has 126 valence electrons. The molecular weight excluding hydrogens is 308 g/mol. The zero-order valence-electron chi connectivity index (χ0n) is 13.9. The molecule has 0 saturated carbocycles. The van der Waals surface area contributed by atoms with Gasteiger partial charge < -0.3 is 16.0 Å². The molecule has 1 heterocycles. The topological polar surface area (TPSA) is 65.5 Å². The summed E-state index contributed by atoms with van der Waals surface area (Å²) in [5.41, 5.74) is 2.05. The molecule has 0 aromatic heterocycles. The Labute approximate surface area is 142 Å². The molecule has 0 radical (unpaired) electrons. The average molecular weight is 334 g/mol. The number of nitrogens with one attached hydrogen (secondary N) is 3. The fourth-order valence-corrected chi connectivity index (χ4v) is 3.68. The van der Waals surface area contributed by atoms with Crippen LogP contribution in [0, 0.1) is 0 Å². The number of hydrogen-bond donors (Lipinski definition) is 3. The van der Waals surface area contributed by atoms with Crippen LogP contribution in [-0.2, 0) is 11.2 Å². The highest BCUT2D eigenvalue weighted by Gasteiger charge is 2.15. The van der Waals surface area contributed by atoms with Crippen molar-refractivity contribution in [3.8, 4) is 0 Å². The maximum atomic E-state index is 12.0. The van der Waals surface area contributed by atoms with E-state index in [2.05, 4.69) is 33.9 Å². The first kappa shape index (κ1) is 17.7. The van der Waals surface area contributed by atoms with Crippen LogP contribution >= 0.6 is 11.8 Å². The van der Waals surface area contributed by atoms with Gasteiger partial charge in [-0.2, -0.15) is 11.8 Å². The predicted molar refractivity (Wildman–Crippen MR) is 99.3 cm³/mol. The van der Waals surface area contributed by atoms with Crippen molar-refractivity contribution in [2.24, 2.45) is 4.99 Å². The van der Waals surface area contributed by atoms with Crippen LogP contribution in [0.4, 0.5) is 5.69 Å². The van der Waals surface area contributed by atoms with E-state index in [0.717, 1.165) is 18.7 Å². The summed E-state index contributed by atoms with van der Waals surface area (Å²) in [6, 6.07) is 7.92. The Morgan fingerprint density at radius 1 is 1.39 bits per heavy atom. The van der Waals surface area contributed by atoms with Gasteiger partial charge in [-0.3, -0.25) is 9.79 Å². The monoisotopic (exact) mass is 334 g/mol. The van der Waals surface area contributed by atoms with Crippen molar-refractivity contribution in [2.75, 3.05) is 31.2 Å². The average Bonchev–Trinajstić information content (AvgIpc) is 3.08. The molecule has 1 fully saturated rings. The number of anilines is 1. The molecule has 3 N–H and O–H groups in total. The molecule has 5 nitrogen and oxygen atoms in total. The quantitative estimate of drug-likeness (QED) is 0.551. The number of nitrogens with zero attached hydrogens (tertiary/aromatic N) is 1. The van der Waals surface area contributed by atoms with Gasteiger partial charge in [0.25, 0.3) is 0 Å². The van der Waals surface area contributed by atoms with Crippen LogP contribution in [0.15, 0.2) is 29.3 Å². The molecule has 1 aromatic rings. The van der Waals surface area contributed by atoms with E-state index in [1.807, 2.05) is 30.0 Å². The summed E-state index contributed by atoms with van der Waals surface area (Å²) in [5.74, 6) is 1.85. The second kappa shape index (κ2) is 9.45. The van der Waals surface area contributed by atoms with Crippen molar-refractivity contribution in [3.05, 3.63) is 29.8 Å². The van der Waals surface area contributed by atoms with Gasteiger partial charge in [-0.05, 0) is 42.7 Å². The molecule has 0 spiro atoms.